The predicted octanol–water partition coefficient (Wildman–Crippen LogP) is 3.45. The molecule has 1 heterocycles. The van der Waals surface area contributed by atoms with Gasteiger partial charge in [-0.1, -0.05) is 30.3 Å². The molecule has 2 rings (SSSR count). The molecule has 0 fully saturated rings. The maximum Gasteiger partial charge on any atom is 0.375 e. The summed E-state index contributed by atoms with van der Waals surface area (Å²) in [7, 11) is 0. The molecule has 0 spiro atoms. The topological polar surface area (TPSA) is 56.5 Å². The van der Waals surface area contributed by atoms with Crippen LogP contribution in [0.3, 0.4) is 0 Å². The highest BCUT2D eigenvalue weighted by atomic mass is 79.9. The van der Waals surface area contributed by atoms with Crippen LogP contribution in [-0.4, -0.2) is 18.4 Å². The molecule has 0 bridgehead atoms. The van der Waals surface area contributed by atoms with Gasteiger partial charge in [-0.25, -0.2) is 4.79 Å². The number of rotatable bonds is 4. The van der Waals surface area contributed by atoms with Crippen LogP contribution in [0.25, 0.3) is 0 Å². The number of ketones is 1. The molecule has 0 unspecified atom stereocenters. The molecule has 0 aliphatic heterocycles. The van der Waals surface area contributed by atoms with E-state index in [0.717, 1.165) is 0 Å². The van der Waals surface area contributed by atoms with Crippen molar-refractivity contribution in [2.24, 2.45) is 0 Å². The van der Waals surface area contributed by atoms with Crippen molar-refractivity contribution >= 4 is 27.7 Å². The highest BCUT2D eigenvalue weighted by Crippen LogP contribution is 2.24. The maximum absolute atomic E-state index is 12.3. The standard InChI is InChI=1S/C14H11BrO4/c1-2-18-14(17)13-10(8-11(15)19-13)12(16)9-6-4-3-5-7-9/h3-8H,2H2,1H3. The molecule has 0 amide bonds. The molecule has 0 atom stereocenters. The van der Waals surface area contributed by atoms with E-state index in [9.17, 15) is 9.59 Å². The van der Waals surface area contributed by atoms with E-state index < -0.39 is 5.97 Å². The van der Waals surface area contributed by atoms with E-state index in [4.69, 9.17) is 9.15 Å². The van der Waals surface area contributed by atoms with E-state index in [2.05, 4.69) is 15.9 Å². The second-order valence-corrected chi connectivity index (χ2v) is 4.49. The van der Waals surface area contributed by atoms with Gasteiger partial charge in [0.1, 0.15) is 0 Å². The average Bonchev–Trinajstić information content (AvgIpc) is 2.81. The third-order valence-corrected chi connectivity index (χ3v) is 2.83. The molecule has 0 radical (unpaired) electrons. The number of halogens is 1. The molecule has 0 aliphatic rings. The summed E-state index contributed by atoms with van der Waals surface area (Å²) in [6.45, 7) is 1.91. The van der Waals surface area contributed by atoms with Crippen LogP contribution in [0.1, 0.15) is 33.4 Å². The molecule has 0 saturated carbocycles. The highest BCUT2D eigenvalue weighted by molar-refractivity contribution is 9.10. The van der Waals surface area contributed by atoms with Crippen LogP contribution in [0.15, 0.2) is 45.5 Å². The Bertz CT molecular complexity index is 601. The minimum atomic E-state index is -0.646. The van der Waals surface area contributed by atoms with Crippen molar-refractivity contribution in [3.63, 3.8) is 0 Å². The summed E-state index contributed by atoms with van der Waals surface area (Å²) >= 11 is 3.12. The first-order valence-corrected chi connectivity index (χ1v) is 6.49. The Balaban J connectivity index is 2.40. The van der Waals surface area contributed by atoms with Gasteiger partial charge in [-0.15, -0.1) is 0 Å². The highest BCUT2D eigenvalue weighted by Gasteiger charge is 2.24. The summed E-state index contributed by atoms with van der Waals surface area (Å²) < 4.78 is 10.4. The van der Waals surface area contributed by atoms with Crippen LogP contribution in [0.2, 0.25) is 0 Å². The molecule has 19 heavy (non-hydrogen) atoms. The summed E-state index contributed by atoms with van der Waals surface area (Å²) in [4.78, 5) is 24.0. The lowest BCUT2D eigenvalue weighted by molar-refractivity contribution is 0.0485. The molecular formula is C14H11BrO4. The second kappa shape index (κ2) is 5.84. The summed E-state index contributed by atoms with van der Waals surface area (Å²) in [6.07, 6.45) is 0. The molecule has 0 N–H and O–H groups in total. The van der Waals surface area contributed by atoms with Gasteiger partial charge in [0.25, 0.3) is 0 Å². The molecule has 1 aromatic heterocycles. The van der Waals surface area contributed by atoms with Crippen molar-refractivity contribution in [2.75, 3.05) is 6.61 Å². The number of furan rings is 1. The first-order valence-electron chi connectivity index (χ1n) is 5.69. The van der Waals surface area contributed by atoms with E-state index >= 15 is 0 Å². The number of benzene rings is 1. The van der Waals surface area contributed by atoms with Gasteiger partial charge in [0.15, 0.2) is 10.5 Å². The summed E-state index contributed by atoms with van der Waals surface area (Å²) in [5, 5.41) is 0. The third kappa shape index (κ3) is 2.93. The number of hydrogen-bond acceptors (Lipinski definition) is 4. The summed E-state index contributed by atoms with van der Waals surface area (Å²) in [6, 6.07) is 10.2. The van der Waals surface area contributed by atoms with Gasteiger partial charge >= 0.3 is 5.97 Å². The number of hydrogen-bond donors (Lipinski definition) is 0. The lowest BCUT2D eigenvalue weighted by Gasteiger charge is -2.02. The fraction of sp³-hybridized carbons (Fsp3) is 0.143. The van der Waals surface area contributed by atoms with Gasteiger partial charge in [0.2, 0.25) is 5.76 Å². The summed E-state index contributed by atoms with van der Waals surface area (Å²) in [5.41, 5.74) is 0.679. The fourth-order valence-electron chi connectivity index (χ4n) is 1.62. The summed E-state index contributed by atoms with van der Waals surface area (Å²) in [5.74, 6) is -1.01. The molecule has 4 nitrogen and oxygen atoms in total. The number of ether oxygens (including phenoxy) is 1. The minimum Gasteiger partial charge on any atom is -0.460 e. The molecule has 2 aromatic rings. The Hall–Kier alpha value is -1.88. The quantitative estimate of drug-likeness (QED) is 0.639. The Morgan fingerprint density at radius 2 is 1.95 bits per heavy atom. The number of carbonyl (C=O) groups excluding carboxylic acids is 2. The molecule has 98 valence electrons. The first kappa shape index (κ1) is 13.5. The average molecular weight is 323 g/mol. The van der Waals surface area contributed by atoms with Crippen LogP contribution in [0.5, 0.6) is 0 Å². The Kier molecular flexibility index (Phi) is 4.16. The van der Waals surface area contributed by atoms with Crippen LogP contribution < -0.4 is 0 Å². The van der Waals surface area contributed by atoms with E-state index in [1.807, 2.05) is 6.07 Å². The normalized spacial score (nSPS) is 10.2. The molecule has 0 aliphatic carbocycles. The third-order valence-electron chi connectivity index (χ3n) is 2.44. The van der Waals surface area contributed by atoms with Gasteiger partial charge in [-0.2, -0.15) is 0 Å². The van der Waals surface area contributed by atoms with Crippen molar-refractivity contribution < 1.29 is 18.7 Å². The maximum atomic E-state index is 12.3. The fourth-order valence-corrected chi connectivity index (χ4v) is 2.01. The second-order valence-electron chi connectivity index (χ2n) is 3.71. The van der Waals surface area contributed by atoms with E-state index in [-0.39, 0.29) is 23.7 Å². The molecular weight excluding hydrogens is 312 g/mol. The lowest BCUT2D eigenvalue weighted by atomic mass is 10.0. The first-order chi connectivity index (χ1) is 9.13. The molecule has 1 aromatic carbocycles. The molecule has 0 saturated heterocycles. The van der Waals surface area contributed by atoms with Gasteiger partial charge in [-0.05, 0) is 22.9 Å². The zero-order valence-electron chi connectivity index (χ0n) is 10.2. The monoisotopic (exact) mass is 322 g/mol. The van der Waals surface area contributed by atoms with E-state index in [0.29, 0.717) is 10.2 Å². The van der Waals surface area contributed by atoms with E-state index in [1.165, 1.54) is 6.07 Å². The lowest BCUT2D eigenvalue weighted by Crippen LogP contribution is -2.10. The largest absolute Gasteiger partial charge is 0.460 e. The Labute approximate surface area is 118 Å². The van der Waals surface area contributed by atoms with Crippen molar-refractivity contribution in [1.29, 1.82) is 0 Å². The number of esters is 1. The zero-order chi connectivity index (χ0) is 13.8. The van der Waals surface area contributed by atoms with Crippen molar-refractivity contribution in [3.05, 3.63) is 58.0 Å². The van der Waals surface area contributed by atoms with Gasteiger partial charge in [-0.3, -0.25) is 4.79 Å². The Morgan fingerprint density at radius 1 is 1.26 bits per heavy atom. The van der Waals surface area contributed by atoms with E-state index in [1.54, 1.807) is 31.2 Å². The van der Waals surface area contributed by atoms with Gasteiger partial charge < -0.3 is 9.15 Å². The smallest absolute Gasteiger partial charge is 0.375 e. The van der Waals surface area contributed by atoms with Gasteiger partial charge in [0, 0.05) is 11.6 Å². The van der Waals surface area contributed by atoms with Gasteiger partial charge in [0.05, 0.1) is 12.2 Å². The van der Waals surface area contributed by atoms with Crippen molar-refractivity contribution in [3.8, 4) is 0 Å². The zero-order valence-corrected chi connectivity index (χ0v) is 11.8. The predicted molar refractivity (Wildman–Crippen MR) is 72.2 cm³/mol. The van der Waals surface area contributed by atoms with Crippen LogP contribution >= 0.6 is 15.9 Å². The SMILES string of the molecule is CCOC(=O)c1oc(Br)cc1C(=O)c1ccccc1. The number of carbonyl (C=O) groups is 2. The van der Waals surface area contributed by atoms with Crippen molar-refractivity contribution in [1.82, 2.24) is 0 Å². The van der Waals surface area contributed by atoms with Crippen LogP contribution in [0.4, 0.5) is 0 Å². The minimum absolute atomic E-state index is 0.0809. The van der Waals surface area contributed by atoms with Crippen molar-refractivity contribution in [2.45, 2.75) is 6.92 Å². The molecule has 5 heteroatoms. The Morgan fingerprint density at radius 3 is 2.58 bits per heavy atom. The van der Waals surface area contributed by atoms with Crippen LogP contribution in [-0.2, 0) is 4.74 Å². The van der Waals surface area contributed by atoms with Crippen LogP contribution in [0, 0.1) is 0 Å².